The second kappa shape index (κ2) is 13.0. The zero-order valence-corrected chi connectivity index (χ0v) is 24.7. The Bertz CT molecular complexity index is 1330. The normalized spacial score (nSPS) is 18.1. The fourth-order valence-corrected chi connectivity index (χ4v) is 5.52. The molecule has 1 aliphatic rings. The number of halogens is 1. The van der Waals surface area contributed by atoms with Gasteiger partial charge in [0.2, 0.25) is 0 Å². The number of hydrogen-bond donors (Lipinski definition) is 2. The highest BCUT2D eigenvalue weighted by Gasteiger charge is 2.31. The number of aliphatic hydroxyl groups is 1. The quantitative estimate of drug-likeness (QED) is 0.374. The first-order chi connectivity index (χ1) is 19.1. The van der Waals surface area contributed by atoms with Crippen molar-refractivity contribution >= 4 is 17.7 Å². The van der Waals surface area contributed by atoms with Gasteiger partial charge >= 0.3 is 6.09 Å². The van der Waals surface area contributed by atoms with Crippen LogP contribution >= 0.6 is 11.6 Å². The van der Waals surface area contributed by atoms with Gasteiger partial charge in [-0.1, -0.05) is 16.8 Å². The molecule has 2 N–H and O–H groups in total. The molecule has 0 radical (unpaired) electrons. The minimum Gasteiger partial charge on any atom is -0.491 e. The van der Waals surface area contributed by atoms with Crippen LogP contribution in [-0.2, 0) is 11.2 Å². The minimum absolute atomic E-state index is 0.0661. The third-order valence-corrected chi connectivity index (χ3v) is 7.78. The van der Waals surface area contributed by atoms with E-state index in [-0.39, 0.29) is 18.7 Å². The van der Waals surface area contributed by atoms with E-state index < -0.39 is 6.10 Å². The number of likely N-dealkylation sites (N-methyl/N-ethyl adjacent to an activating group) is 1. The number of nitrogens with zero attached hydrogens (tertiary/aromatic N) is 4. The van der Waals surface area contributed by atoms with Crippen molar-refractivity contribution in [1.29, 1.82) is 0 Å². The molecule has 0 aliphatic carbocycles. The summed E-state index contributed by atoms with van der Waals surface area (Å²) in [6.07, 6.45) is 1.47. The van der Waals surface area contributed by atoms with E-state index in [9.17, 15) is 9.90 Å². The van der Waals surface area contributed by atoms with Crippen molar-refractivity contribution in [2.45, 2.75) is 59.1 Å². The van der Waals surface area contributed by atoms with Gasteiger partial charge in [0.1, 0.15) is 24.2 Å². The highest BCUT2D eigenvalue weighted by molar-refractivity contribution is 6.33. The summed E-state index contributed by atoms with van der Waals surface area (Å²) in [4.78, 5) is 23.9. The van der Waals surface area contributed by atoms with Crippen LogP contribution in [0.2, 0.25) is 5.02 Å². The van der Waals surface area contributed by atoms with Gasteiger partial charge in [-0.05, 0) is 83.7 Å². The first-order valence-electron chi connectivity index (χ1n) is 13.5. The maximum Gasteiger partial charge on any atom is 0.409 e. The van der Waals surface area contributed by atoms with E-state index in [1.165, 1.54) is 7.11 Å². The second-order valence-corrected chi connectivity index (χ2v) is 10.8. The molecule has 1 fully saturated rings. The molecule has 11 heteroatoms. The van der Waals surface area contributed by atoms with Gasteiger partial charge in [0.15, 0.2) is 5.82 Å². The zero-order valence-electron chi connectivity index (χ0n) is 24.0. The van der Waals surface area contributed by atoms with E-state index in [1.807, 2.05) is 20.8 Å². The molecule has 2 aromatic heterocycles. The third kappa shape index (κ3) is 6.56. The summed E-state index contributed by atoms with van der Waals surface area (Å²) in [6.45, 7) is 9.04. The molecule has 1 amide bonds. The van der Waals surface area contributed by atoms with Gasteiger partial charge in [-0.15, -0.1) is 0 Å². The number of methoxy groups -OCH3 is 1. The molecule has 4 rings (SSSR count). The van der Waals surface area contributed by atoms with E-state index in [0.717, 1.165) is 47.5 Å². The lowest BCUT2D eigenvalue weighted by Crippen LogP contribution is -2.45. The first kappa shape index (κ1) is 29.8. The van der Waals surface area contributed by atoms with Gasteiger partial charge in [-0.25, -0.2) is 14.8 Å². The molecular weight excluding hydrogens is 534 g/mol. The van der Waals surface area contributed by atoms with Crippen molar-refractivity contribution in [3.63, 3.8) is 0 Å². The summed E-state index contributed by atoms with van der Waals surface area (Å²) in [5, 5.41) is 17.6. The molecule has 1 aliphatic heterocycles. The Labute approximate surface area is 240 Å². The van der Waals surface area contributed by atoms with Crippen LogP contribution in [0.15, 0.2) is 22.7 Å². The van der Waals surface area contributed by atoms with Crippen molar-refractivity contribution in [3.8, 4) is 28.4 Å². The Morgan fingerprint density at radius 2 is 2.08 bits per heavy atom. The summed E-state index contributed by atoms with van der Waals surface area (Å²) < 4.78 is 16.3. The Morgan fingerprint density at radius 1 is 1.30 bits per heavy atom. The van der Waals surface area contributed by atoms with E-state index in [2.05, 4.69) is 17.4 Å². The number of hydrogen-bond acceptors (Lipinski definition) is 9. The number of aliphatic hydroxyl groups excluding tert-OH is 1. The summed E-state index contributed by atoms with van der Waals surface area (Å²) >= 11 is 6.67. The topological polar surface area (TPSA) is 123 Å². The molecule has 40 heavy (non-hydrogen) atoms. The smallest absolute Gasteiger partial charge is 0.409 e. The summed E-state index contributed by atoms with van der Waals surface area (Å²) in [5.41, 5.74) is 4.84. The van der Waals surface area contributed by atoms with Crippen molar-refractivity contribution in [2.24, 2.45) is 5.92 Å². The average Bonchev–Trinajstić information content (AvgIpc) is 3.26. The van der Waals surface area contributed by atoms with Crippen LogP contribution in [-0.4, -0.2) is 77.2 Å². The van der Waals surface area contributed by atoms with Crippen LogP contribution in [0.25, 0.3) is 22.6 Å². The van der Waals surface area contributed by atoms with Crippen LogP contribution < -0.4 is 10.1 Å². The number of nitrogens with one attached hydrogen (secondary N) is 1. The van der Waals surface area contributed by atoms with Gasteiger partial charge in [-0.3, -0.25) is 0 Å². The standard InChI is InChI=1S/C29H38ClN5O5/c1-16-11-20(9-10-35(16)29(37)38-6)12-25-17(2)27(26-18(3)34-40-19(26)4)33-28(32-25)23-13-22(7-8-24(23)30)39-15-21(36)14-31-5/h7-8,13,16,20-21,31,36H,9-12,14-15H2,1-6H3/t16-,20-,21-/m1/s1. The van der Waals surface area contributed by atoms with E-state index in [4.69, 9.17) is 35.6 Å². The number of benzene rings is 1. The van der Waals surface area contributed by atoms with E-state index >= 15 is 0 Å². The second-order valence-electron chi connectivity index (χ2n) is 10.4. The van der Waals surface area contributed by atoms with E-state index in [0.29, 0.717) is 46.9 Å². The van der Waals surface area contributed by atoms with Crippen molar-refractivity contribution in [3.05, 3.63) is 45.9 Å². The van der Waals surface area contributed by atoms with E-state index in [1.54, 1.807) is 30.1 Å². The lowest BCUT2D eigenvalue weighted by Gasteiger charge is -2.36. The van der Waals surface area contributed by atoms with Crippen molar-refractivity contribution in [2.75, 3.05) is 33.9 Å². The van der Waals surface area contributed by atoms with Crippen molar-refractivity contribution < 1.29 is 23.9 Å². The SMILES string of the molecule is CNC[C@@H](O)COc1ccc(Cl)c(-c2nc(C[C@@H]3CCN(C(=O)OC)[C@H](C)C3)c(C)c(-c3c(C)noc3C)n2)c1. The first-order valence-corrected chi connectivity index (χ1v) is 13.9. The molecular formula is C29H38ClN5O5. The van der Waals surface area contributed by atoms with Crippen LogP contribution in [0.5, 0.6) is 5.75 Å². The predicted octanol–water partition coefficient (Wildman–Crippen LogP) is 4.75. The summed E-state index contributed by atoms with van der Waals surface area (Å²) in [7, 11) is 3.19. The maximum atomic E-state index is 12.1. The number of amides is 1. The third-order valence-electron chi connectivity index (χ3n) is 7.45. The number of carbonyl (C=O) groups is 1. The van der Waals surface area contributed by atoms with Crippen LogP contribution in [0.1, 0.15) is 42.5 Å². The largest absolute Gasteiger partial charge is 0.491 e. The van der Waals surface area contributed by atoms with Gasteiger partial charge in [0.25, 0.3) is 0 Å². The number of likely N-dealkylation sites (tertiary alicyclic amines) is 1. The number of aromatic nitrogens is 3. The molecule has 0 spiro atoms. The van der Waals surface area contributed by atoms with Gasteiger partial charge in [0, 0.05) is 30.4 Å². The molecule has 0 bridgehead atoms. The van der Waals surface area contributed by atoms with Crippen LogP contribution in [0.3, 0.4) is 0 Å². The molecule has 0 saturated carbocycles. The van der Waals surface area contributed by atoms with Gasteiger partial charge in [0.05, 0.1) is 29.1 Å². The monoisotopic (exact) mass is 571 g/mol. The zero-order chi connectivity index (χ0) is 29.0. The fraction of sp³-hybridized carbons (Fsp3) is 0.517. The highest BCUT2D eigenvalue weighted by Crippen LogP contribution is 2.36. The number of piperidine rings is 1. The molecule has 10 nitrogen and oxygen atoms in total. The predicted molar refractivity (Wildman–Crippen MR) is 153 cm³/mol. The van der Waals surface area contributed by atoms with Crippen molar-refractivity contribution in [1.82, 2.24) is 25.3 Å². The molecule has 3 aromatic rings. The molecule has 3 atom stereocenters. The fourth-order valence-electron chi connectivity index (χ4n) is 5.32. The number of carbonyl (C=O) groups excluding carboxylic acids is 1. The Morgan fingerprint density at radius 3 is 2.73 bits per heavy atom. The summed E-state index contributed by atoms with van der Waals surface area (Å²) in [6, 6.07) is 5.38. The highest BCUT2D eigenvalue weighted by atomic mass is 35.5. The van der Waals surface area contributed by atoms with Gasteiger partial charge in [-0.2, -0.15) is 0 Å². The number of rotatable bonds is 9. The molecule has 216 valence electrons. The lowest BCUT2D eigenvalue weighted by molar-refractivity contribution is 0.0809. The van der Waals surface area contributed by atoms with Gasteiger partial charge < -0.3 is 29.3 Å². The molecule has 3 heterocycles. The Hall–Kier alpha value is -3.21. The van der Waals surface area contributed by atoms with Crippen LogP contribution in [0, 0.1) is 26.7 Å². The Kier molecular flexibility index (Phi) is 9.65. The number of aryl methyl sites for hydroxylation is 2. The van der Waals surface area contributed by atoms with Crippen LogP contribution in [0.4, 0.5) is 4.79 Å². The number of ether oxygens (including phenoxy) is 2. The molecule has 1 aromatic carbocycles. The Balaban J connectivity index is 1.71. The minimum atomic E-state index is -0.648. The summed E-state index contributed by atoms with van der Waals surface area (Å²) in [5.74, 6) is 2.04. The maximum absolute atomic E-state index is 12.1. The molecule has 1 saturated heterocycles. The average molecular weight is 572 g/mol. The molecule has 0 unspecified atom stereocenters. The lowest BCUT2D eigenvalue weighted by atomic mass is 9.86.